The van der Waals surface area contributed by atoms with Crippen molar-refractivity contribution in [2.45, 2.75) is 19.9 Å². The summed E-state index contributed by atoms with van der Waals surface area (Å²) >= 11 is 0. The fourth-order valence-electron chi connectivity index (χ4n) is 1.42. The van der Waals surface area contributed by atoms with Crippen LogP contribution in [0.15, 0.2) is 24.3 Å². The molecule has 0 heterocycles. The van der Waals surface area contributed by atoms with Crippen molar-refractivity contribution < 1.29 is 4.79 Å². The first-order valence-corrected chi connectivity index (χ1v) is 5.50. The summed E-state index contributed by atoms with van der Waals surface area (Å²) in [5.74, 6) is -0.0563. The van der Waals surface area contributed by atoms with Crippen LogP contribution in [-0.2, 0) is 4.79 Å². The molecule has 0 saturated heterocycles. The summed E-state index contributed by atoms with van der Waals surface area (Å²) in [6.07, 6.45) is 0. The van der Waals surface area contributed by atoms with Gasteiger partial charge < -0.3 is 10.6 Å². The number of hydrogen-bond acceptors (Lipinski definition) is 3. The summed E-state index contributed by atoms with van der Waals surface area (Å²) in [7, 11) is 1.67. The van der Waals surface area contributed by atoms with Gasteiger partial charge in [0.05, 0.1) is 17.7 Å². The van der Waals surface area contributed by atoms with E-state index in [-0.39, 0.29) is 11.8 Å². The average molecular weight is 231 g/mol. The van der Waals surface area contributed by atoms with Crippen LogP contribution in [0.4, 0.5) is 5.69 Å². The lowest BCUT2D eigenvalue weighted by Gasteiger charge is -2.23. The molecule has 0 aromatic heterocycles. The van der Waals surface area contributed by atoms with Gasteiger partial charge in [-0.2, -0.15) is 5.26 Å². The lowest BCUT2D eigenvalue weighted by Crippen LogP contribution is -2.45. The maximum atomic E-state index is 12.0. The summed E-state index contributed by atoms with van der Waals surface area (Å²) in [6, 6.07) is 8.42. The van der Waals surface area contributed by atoms with Crippen molar-refractivity contribution in [3.63, 3.8) is 0 Å². The van der Waals surface area contributed by atoms with Crippen molar-refractivity contribution in [1.29, 1.82) is 5.26 Å². The highest BCUT2D eigenvalue weighted by Gasteiger charge is 2.21. The number of benzene rings is 1. The van der Waals surface area contributed by atoms with Crippen molar-refractivity contribution in [2.75, 3.05) is 11.9 Å². The lowest BCUT2D eigenvalue weighted by atomic mass is 10.0. The molecule has 0 saturated carbocycles. The normalized spacial score (nSPS) is 12.0. The summed E-state index contributed by atoms with van der Waals surface area (Å²) in [6.45, 7) is 3.81. The highest BCUT2D eigenvalue weighted by molar-refractivity contribution is 5.96. The third-order valence-electron chi connectivity index (χ3n) is 2.70. The van der Waals surface area contributed by atoms with Gasteiger partial charge in [-0.3, -0.25) is 4.79 Å². The molecule has 1 aromatic carbocycles. The van der Waals surface area contributed by atoms with E-state index in [1.807, 2.05) is 19.9 Å². The number of anilines is 1. The molecule has 0 aliphatic heterocycles. The third kappa shape index (κ3) is 3.05. The van der Waals surface area contributed by atoms with E-state index in [1.165, 1.54) is 4.90 Å². The van der Waals surface area contributed by atoms with E-state index >= 15 is 0 Å². The van der Waals surface area contributed by atoms with Gasteiger partial charge in [0.2, 0.25) is 5.91 Å². The Labute approximate surface area is 102 Å². The number of hydrogen-bond donors (Lipinski definition) is 1. The molecule has 1 rings (SSSR count). The molecule has 0 radical (unpaired) electrons. The molecule has 0 fully saturated rings. The summed E-state index contributed by atoms with van der Waals surface area (Å²) in [5.41, 5.74) is 7.03. The van der Waals surface area contributed by atoms with Crippen molar-refractivity contribution in [1.82, 2.24) is 0 Å². The van der Waals surface area contributed by atoms with E-state index in [9.17, 15) is 4.79 Å². The molecule has 4 heteroatoms. The Morgan fingerprint density at radius 3 is 2.65 bits per heavy atom. The Morgan fingerprint density at radius 1 is 1.47 bits per heavy atom. The molecule has 1 aromatic rings. The first-order valence-electron chi connectivity index (χ1n) is 5.50. The van der Waals surface area contributed by atoms with E-state index in [1.54, 1.807) is 31.3 Å². The van der Waals surface area contributed by atoms with Gasteiger partial charge in [0.1, 0.15) is 0 Å². The Balaban J connectivity index is 2.93. The number of nitrogens with zero attached hydrogens (tertiary/aromatic N) is 2. The van der Waals surface area contributed by atoms with Crippen molar-refractivity contribution in [2.24, 2.45) is 11.7 Å². The molecule has 0 bridgehead atoms. The Kier molecular flexibility index (Phi) is 4.24. The molecule has 1 unspecified atom stereocenters. The van der Waals surface area contributed by atoms with Gasteiger partial charge in [-0.05, 0) is 24.1 Å². The van der Waals surface area contributed by atoms with Crippen molar-refractivity contribution in [3.8, 4) is 6.07 Å². The Morgan fingerprint density at radius 2 is 2.12 bits per heavy atom. The van der Waals surface area contributed by atoms with Crippen LogP contribution >= 0.6 is 0 Å². The van der Waals surface area contributed by atoms with E-state index in [0.29, 0.717) is 11.3 Å². The second-order valence-corrected chi connectivity index (χ2v) is 4.33. The summed E-state index contributed by atoms with van der Waals surface area (Å²) < 4.78 is 0. The Bertz CT molecular complexity index is 448. The zero-order valence-corrected chi connectivity index (χ0v) is 10.3. The first kappa shape index (κ1) is 13.2. The van der Waals surface area contributed by atoms with Crippen LogP contribution in [0.5, 0.6) is 0 Å². The third-order valence-corrected chi connectivity index (χ3v) is 2.70. The van der Waals surface area contributed by atoms with Gasteiger partial charge in [0, 0.05) is 12.7 Å². The predicted molar refractivity (Wildman–Crippen MR) is 67.4 cm³/mol. The molecular weight excluding hydrogens is 214 g/mol. The molecule has 4 nitrogen and oxygen atoms in total. The second kappa shape index (κ2) is 5.46. The van der Waals surface area contributed by atoms with Crippen LogP contribution in [0.1, 0.15) is 19.4 Å². The largest absolute Gasteiger partial charge is 0.320 e. The number of nitrogens with two attached hydrogens (primary N) is 1. The molecule has 2 N–H and O–H groups in total. The van der Waals surface area contributed by atoms with Gasteiger partial charge in [-0.25, -0.2) is 0 Å². The molecule has 0 aliphatic rings. The summed E-state index contributed by atoms with van der Waals surface area (Å²) in [5, 5.41) is 8.80. The average Bonchev–Trinajstić information content (AvgIpc) is 2.36. The second-order valence-electron chi connectivity index (χ2n) is 4.33. The topological polar surface area (TPSA) is 70.1 Å². The number of carbonyl (C=O) groups excluding carboxylic acids is 1. The zero-order chi connectivity index (χ0) is 13.0. The van der Waals surface area contributed by atoms with Crippen LogP contribution < -0.4 is 10.6 Å². The highest BCUT2D eigenvalue weighted by atomic mass is 16.2. The lowest BCUT2D eigenvalue weighted by molar-refractivity contribution is -0.120. The maximum absolute atomic E-state index is 12.0. The molecule has 17 heavy (non-hydrogen) atoms. The first-order chi connectivity index (χ1) is 7.97. The molecule has 90 valence electrons. The number of carbonyl (C=O) groups is 1. The minimum atomic E-state index is -0.522. The standard InChI is InChI=1S/C13H17N3O/c1-9(2)12(15)13(17)16(3)11-6-4-5-10(7-11)8-14/h4-7,9,12H,15H2,1-3H3. The number of amides is 1. The molecule has 0 spiro atoms. The molecule has 1 amide bonds. The van der Waals surface area contributed by atoms with Crippen LogP contribution in [-0.4, -0.2) is 19.0 Å². The number of nitriles is 1. The fraction of sp³-hybridized carbons (Fsp3) is 0.385. The summed E-state index contributed by atoms with van der Waals surface area (Å²) in [4.78, 5) is 13.5. The van der Waals surface area contributed by atoms with E-state index in [0.717, 1.165) is 0 Å². The number of rotatable bonds is 3. The van der Waals surface area contributed by atoms with Gasteiger partial charge in [-0.1, -0.05) is 19.9 Å². The van der Waals surface area contributed by atoms with Crippen LogP contribution in [0, 0.1) is 17.2 Å². The molecule has 0 aliphatic carbocycles. The van der Waals surface area contributed by atoms with E-state index in [2.05, 4.69) is 0 Å². The van der Waals surface area contributed by atoms with Gasteiger partial charge in [0.15, 0.2) is 0 Å². The smallest absolute Gasteiger partial charge is 0.243 e. The fourth-order valence-corrected chi connectivity index (χ4v) is 1.42. The van der Waals surface area contributed by atoms with Gasteiger partial charge >= 0.3 is 0 Å². The van der Waals surface area contributed by atoms with E-state index in [4.69, 9.17) is 11.0 Å². The quantitative estimate of drug-likeness (QED) is 0.857. The van der Waals surface area contributed by atoms with Crippen molar-refractivity contribution in [3.05, 3.63) is 29.8 Å². The van der Waals surface area contributed by atoms with Crippen LogP contribution in [0.3, 0.4) is 0 Å². The van der Waals surface area contributed by atoms with Crippen LogP contribution in [0.2, 0.25) is 0 Å². The number of likely N-dealkylation sites (N-methyl/N-ethyl adjacent to an activating group) is 1. The van der Waals surface area contributed by atoms with E-state index < -0.39 is 6.04 Å². The Hall–Kier alpha value is -1.86. The minimum absolute atomic E-state index is 0.0871. The predicted octanol–water partition coefficient (Wildman–Crippen LogP) is 1.50. The maximum Gasteiger partial charge on any atom is 0.243 e. The highest BCUT2D eigenvalue weighted by Crippen LogP contribution is 2.16. The zero-order valence-electron chi connectivity index (χ0n) is 10.3. The van der Waals surface area contributed by atoms with Crippen molar-refractivity contribution >= 4 is 11.6 Å². The van der Waals surface area contributed by atoms with Gasteiger partial charge in [0.25, 0.3) is 0 Å². The van der Waals surface area contributed by atoms with Gasteiger partial charge in [-0.15, -0.1) is 0 Å². The molecule has 1 atom stereocenters. The SMILES string of the molecule is CC(C)C(N)C(=O)N(C)c1cccc(C#N)c1. The minimum Gasteiger partial charge on any atom is -0.320 e. The van der Waals surface area contributed by atoms with Crippen LogP contribution in [0.25, 0.3) is 0 Å². The monoisotopic (exact) mass is 231 g/mol. The molecular formula is C13H17N3O.